The number of benzene rings is 2. The van der Waals surface area contributed by atoms with E-state index in [4.69, 9.17) is 9.15 Å². The maximum absolute atomic E-state index is 12.1. The van der Waals surface area contributed by atoms with Crippen LogP contribution >= 0.6 is 0 Å². The summed E-state index contributed by atoms with van der Waals surface area (Å²) in [7, 11) is 1.42. The molecule has 2 heterocycles. The summed E-state index contributed by atoms with van der Waals surface area (Å²) >= 11 is 0. The second-order valence-electron chi connectivity index (χ2n) is 6.61. The van der Waals surface area contributed by atoms with Crippen LogP contribution in [0.5, 0.6) is 23.0 Å². The van der Waals surface area contributed by atoms with Gasteiger partial charge < -0.3 is 29.5 Å². The molecular formula is C22H18N2O6. The minimum absolute atomic E-state index is 0.00236. The minimum Gasteiger partial charge on any atom is -0.507 e. The molecule has 4 rings (SSSR count). The Labute approximate surface area is 170 Å². The Morgan fingerprint density at radius 3 is 2.53 bits per heavy atom. The first-order valence-electron chi connectivity index (χ1n) is 8.99. The summed E-state index contributed by atoms with van der Waals surface area (Å²) in [5, 5.41) is 30.5. The number of phenolic OH excluding ortho intramolecular Hbond substituents is 2. The van der Waals surface area contributed by atoms with E-state index in [0.29, 0.717) is 28.4 Å². The van der Waals surface area contributed by atoms with Crippen LogP contribution in [0.1, 0.15) is 5.76 Å². The molecule has 2 aromatic carbocycles. The molecule has 4 aromatic rings. The quantitative estimate of drug-likeness (QED) is 0.406. The molecule has 30 heavy (non-hydrogen) atoms. The summed E-state index contributed by atoms with van der Waals surface area (Å²) in [6.45, 7) is 1.59. The molecule has 0 aliphatic rings. The Morgan fingerprint density at radius 2 is 1.80 bits per heavy atom. The third-order valence-corrected chi connectivity index (χ3v) is 4.59. The molecule has 0 spiro atoms. The Bertz CT molecular complexity index is 1310. The highest BCUT2D eigenvalue weighted by Gasteiger charge is 2.23. The van der Waals surface area contributed by atoms with Crippen LogP contribution in [0.2, 0.25) is 0 Å². The number of aromatic nitrogens is 2. The number of aromatic amines is 1. The van der Waals surface area contributed by atoms with Crippen LogP contribution in [0.3, 0.4) is 0 Å². The first kappa shape index (κ1) is 19.1. The van der Waals surface area contributed by atoms with Crippen LogP contribution in [0.4, 0.5) is 0 Å². The average Bonchev–Trinajstić information content (AvgIpc) is 3.16. The highest BCUT2D eigenvalue weighted by Crippen LogP contribution is 2.40. The van der Waals surface area contributed by atoms with E-state index < -0.39 is 11.2 Å². The van der Waals surface area contributed by atoms with Crippen molar-refractivity contribution in [1.29, 1.82) is 0 Å². The molecule has 0 unspecified atom stereocenters. The largest absolute Gasteiger partial charge is 0.507 e. The molecule has 0 bridgehead atoms. The van der Waals surface area contributed by atoms with Gasteiger partial charge in [0.2, 0.25) is 11.2 Å². The number of nitrogens with one attached hydrogen (secondary N) is 1. The van der Waals surface area contributed by atoms with Crippen LogP contribution in [0.25, 0.3) is 34.1 Å². The maximum atomic E-state index is 12.1. The number of aromatic hydroxyl groups is 3. The van der Waals surface area contributed by atoms with E-state index in [2.05, 4.69) is 9.97 Å². The van der Waals surface area contributed by atoms with Crippen molar-refractivity contribution in [2.24, 2.45) is 0 Å². The van der Waals surface area contributed by atoms with Gasteiger partial charge in [0.15, 0.2) is 17.3 Å². The van der Waals surface area contributed by atoms with Gasteiger partial charge in [-0.1, -0.05) is 12.1 Å². The molecule has 0 amide bonds. The van der Waals surface area contributed by atoms with Crippen molar-refractivity contribution in [2.75, 3.05) is 7.11 Å². The van der Waals surface area contributed by atoms with Crippen LogP contribution in [-0.4, -0.2) is 32.4 Å². The number of hydrogen-bond donors (Lipinski definition) is 4. The van der Waals surface area contributed by atoms with Crippen molar-refractivity contribution < 1.29 is 24.5 Å². The van der Waals surface area contributed by atoms with E-state index in [1.165, 1.54) is 25.3 Å². The third kappa shape index (κ3) is 3.24. The molecular weight excluding hydrogens is 388 g/mol. The zero-order valence-electron chi connectivity index (χ0n) is 16.1. The van der Waals surface area contributed by atoms with Crippen LogP contribution in [0, 0.1) is 6.92 Å². The Kier molecular flexibility index (Phi) is 4.67. The van der Waals surface area contributed by atoms with Crippen molar-refractivity contribution in [2.45, 2.75) is 6.92 Å². The monoisotopic (exact) mass is 406 g/mol. The van der Waals surface area contributed by atoms with Gasteiger partial charge >= 0.3 is 0 Å². The zero-order chi connectivity index (χ0) is 21.4. The summed E-state index contributed by atoms with van der Waals surface area (Å²) in [5.74, 6) is 0.123. The van der Waals surface area contributed by atoms with Gasteiger partial charge in [0.1, 0.15) is 28.7 Å². The topological polar surface area (TPSA) is 129 Å². The van der Waals surface area contributed by atoms with Crippen molar-refractivity contribution >= 4 is 0 Å². The van der Waals surface area contributed by atoms with Crippen molar-refractivity contribution in [3.63, 3.8) is 0 Å². The first-order chi connectivity index (χ1) is 14.4. The number of para-hydroxylation sites is 1. The molecule has 0 atom stereocenters. The molecule has 8 nitrogen and oxygen atoms in total. The van der Waals surface area contributed by atoms with E-state index >= 15 is 0 Å². The van der Waals surface area contributed by atoms with Gasteiger partial charge in [-0.25, -0.2) is 4.98 Å². The number of imidazole rings is 1. The second-order valence-corrected chi connectivity index (χ2v) is 6.61. The Hall–Kier alpha value is -4.20. The second kappa shape index (κ2) is 7.32. The molecule has 0 saturated carbocycles. The summed E-state index contributed by atoms with van der Waals surface area (Å²) in [6, 6.07) is 12.4. The molecule has 2 aromatic heterocycles. The number of ether oxygens (including phenoxy) is 1. The summed E-state index contributed by atoms with van der Waals surface area (Å²) < 4.78 is 10.8. The molecule has 8 heteroatoms. The van der Waals surface area contributed by atoms with E-state index in [9.17, 15) is 20.1 Å². The van der Waals surface area contributed by atoms with Gasteiger partial charge in [0.25, 0.3) is 0 Å². The van der Waals surface area contributed by atoms with Gasteiger partial charge in [-0.2, -0.15) is 0 Å². The van der Waals surface area contributed by atoms with E-state index in [-0.39, 0.29) is 28.7 Å². The van der Waals surface area contributed by atoms with Crippen molar-refractivity contribution in [1.82, 2.24) is 9.97 Å². The first-order valence-corrected chi connectivity index (χ1v) is 8.99. The van der Waals surface area contributed by atoms with Crippen LogP contribution in [-0.2, 0) is 0 Å². The normalized spacial score (nSPS) is 10.9. The lowest BCUT2D eigenvalue weighted by molar-refractivity contribution is 0.373. The van der Waals surface area contributed by atoms with Crippen molar-refractivity contribution in [3.05, 3.63) is 64.5 Å². The fourth-order valence-electron chi connectivity index (χ4n) is 3.15. The maximum Gasteiger partial charge on any atom is 0.227 e. The van der Waals surface area contributed by atoms with Gasteiger partial charge in [-0.05, 0) is 37.3 Å². The van der Waals surface area contributed by atoms with Gasteiger partial charge in [0, 0.05) is 11.6 Å². The summed E-state index contributed by atoms with van der Waals surface area (Å²) in [6.07, 6.45) is 0. The zero-order valence-corrected chi connectivity index (χ0v) is 16.1. The Balaban J connectivity index is 2.02. The van der Waals surface area contributed by atoms with Gasteiger partial charge in [-0.15, -0.1) is 0 Å². The highest BCUT2D eigenvalue weighted by molar-refractivity contribution is 5.82. The molecule has 0 saturated heterocycles. The standard InChI is InChI=1S/C22H18N2O6/c1-11-9-16(27)20(28)21(30-11)19-18(12-7-8-15(26)17(10-12)29-2)23-22(24-19)13-5-3-4-6-14(13)25/h3-10,25-26,28H,1-2H3,(H,23,24). The predicted octanol–water partition coefficient (Wildman–Crippen LogP) is 3.80. The third-order valence-electron chi connectivity index (χ3n) is 4.59. The predicted molar refractivity (Wildman–Crippen MR) is 110 cm³/mol. The highest BCUT2D eigenvalue weighted by atomic mass is 16.5. The van der Waals surface area contributed by atoms with Crippen LogP contribution in [0.15, 0.2) is 57.7 Å². The number of hydrogen-bond acceptors (Lipinski definition) is 7. The molecule has 0 aliphatic heterocycles. The van der Waals surface area contributed by atoms with Gasteiger partial charge in [0.05, 0.1) is 12.7 Å². The lowest BCUT2D eigenvalue weighted by Gasteiger charge is -2.08. The number of phenols is 2. The fourth-order valence-corrected chi connectivity index (χ4v) is 3.15. The van der Waals surface area contributed by atoms with E-state index in [1.807, 2.05) is 0 Å². The molecule has 0 fully saturated rings. The SMILES string of the molecule is COc1cc(-c2nc(-c3ccccc3O)[nH]c2-c2oc(C)cc(=O)c2O)ccc1O. The molecule has 0 radical (unpaired) electrons. The Morgan fingerprint density at radius 1 is 1.03 bits per heavy atom. The smallest absolute Gasteiger partial charge is 0.227 e. The molecule has 0 aliphatic carbocycles. The number of aryl methyl sites for hydroxylation is 1. The molecule has 4 N–H and O–H groups in total. The van der Waals surface area contributed by atoms with E-state index in [1.54, 1.807) is 37.3 Å². The lowest BCUT2D eigenvalue weighted by Crippen LogP contribution is -2.01. The summed E-state index contributed by atoms with van der Waals surface area (Å²) in [4.78, 5) is 19.7. The van der Waals surface area contributed by atoms with Crippen molar-refractivity contribution in [3.8, 4) is 57.1 Å². The number of H-pyrrole nitrogens is 1. The van der Waals surface area contributed by atoms with E-state index in [0.717, 1.165) is 0 Å². The van der Waals surface area contributed by atoms with Gasteiger partial charge in [-0.3, -0.25) is 4.79 Å². The number of nitrogens with zero attached hydrogens (tertiary/aromatic N) is 1. The average molecular weight is 406 g/mol. The number of methoxy groups -OCH3 is 1. The molecule has 152 valence electrons. The lowest BCUT2D eigenvalue weighted by atomic mass is 10.1. The van der Waals surface area contributed by atoms with Crippen LogP contribution < -0.4 is 10.2 Å². The number of rotatable bonds is 4. The fraction of sp³-hybridized carbons (Fsp3) is 0.0909. The summed E-state index contributed by atoms with van der Waals surface area (Å²) in [5.41, 5.74) is 0.919. The minimum atomic E-state index is -0.596.